The van der Waals surface area contributed by atoms with Gasteiger partial charge >= 0.3 is 24.0 Å². The molecular weight excluding hydrogens is 1830 g/mol. The normalized spacial score (nSPS) is 17.4. The van der Waals surface area contributed by atoms with E-state index in [1.54, 1.807) is 55.4 Å². The second kappa shape index (κ2) is 68.5. The van der Waals surface area contributed by atoms with Crippen molar-refractivity contribution in [3.63, 3.8) is 0 Å². The molecule has 16 amide bonds. The van der Waals surface area contributed by atoms with E-state index in [1.807, 2.05) is 40.2 Å². The van der Waals surface area contributed by atoms with Crippen LogP contribution in [0.5, 0.6) is 0 Å². The molecule has 0 aromatic rings. The second-order valence-electron chi connectivity index (χ2n) is 37.0. The van der Waals surface area contributed by atoms with E-state index in [1.165, 1.54) is 61.0 Å². The number of rotatable bonds is 72. The minimum Gasteiger partial charge on any atom is -0.480 e. The SMILES string of the molecule is CSCC[C@H](NC(=O)N1CCC[C@H]1NC(=O)[C@@H](NC(=O)[C@H](CC(C)C)NC(=O)[C@H](CCCCN)NC(=O)COCCOCCOCCOCCOCC(=O)N[C@@H](CCCCN)C(=O)N[C@@H](CC(C)C)C(=O)N[C@H](C(=O)N[C@@H]1CCCN1C(=O)N[C@@H](CCSC)C(=O)N[C@@H](C)C(=O)N[C@@H](CN[C@H](C(=O)O)C(C)C)[C@@H](C)O)C(C)C)C(C)C)C(=O)N[C@@H](C)C(=O)N[C@@H](CN[C@H](C(=O)O)C(C)C)[C@@H](C)O. The number of likely N-dealkylation sites (tertiary alicyclic amines) is 2. The van der Waals surface area contributed by atoms with Crippen LogP contribution in [-0.2, 0) is 90.8 Å². The second-order valence-corrected chi connectivity index (χ2v) is 39.0. The average molecular weight is 1990 g/mol. The zero-order valence-corrected chi connectivity index (χ0v) is 85.3. The van der Waals surface area contributed by atoms with Crippen molar-refractivity contribution in [1.82, 2.24) is 94.9 Å². The van der Waals surface area contributed by atoms with Gasteiger partial charge in [-0.3, -0.25) is 67.1 Å². The van der Waals surface area contributed by atoms with E-state index in [9.17, 15) is 97.1 Å². The summed E-state index contributed by atoms with van der Waals surface area (Å²) >= 11 is 2.85. The van der Waals surface area contributed by atoms with Gasteiger partial charge in [0.25, 0.3) is 0 Å². The summed E-state index contributed by atoms with van der Waals surface area (Å²) in [5.41, 5.74) is 11.6. The van der Waals surface area contributed by atoms with Gasteiger partial charge in [0.1, 0.15) is 98.0 Å². The molecule has 47 heteroatoms. The summed E-state index contributed by atoms with van der Waals surface area (Å²) in [4.78, 5) is 220. The lowest BCUT2D eigenvalue weighted by atomic mass is 9.99. The number of amides is 16. The minimum absolute atomic E-state index is 0.00819. The highest BCUT2D eigenvalue weighted by atomic mass is 32.2. The Labute approximate surface area is 816 Å². The van der Waals surface area contributed by atoms with Crippen molar-refractivity contribution in [2.75, 3.05) is 129 Å². The fourth-order valence-corrected chi connectivity index (χ4v) is 15.7. The van der Waals surface area contributed by atoms with E-state index in [0.29, 0.717) is 76.0 Å². The number of unbranched alkanes of at least 4 members (excludes halogenated alkanes) is 2. The number of ether oxygens (including phenoxy) is 5. The first-order chi connectivity index (χ1) is 64.7. The molecule has 18 atom stereocenters. The predicted molar refractivity (Wildman–Crippen MR) is 517 cm³/mol. The molecule has 788 valence electrons. The van der Waals surface area contributed by atoms with Crippen molar-refractivity contribution < 1.29 is 121 Å². The zero-order chi connectivity index (χ0) is 103. The van der Waals surface area contributed by atoms with Crippen molar-refractivity contribution in [3.8, 4) is 0 Å². The summed E-state index contributed by atoms with van der Waals surface area (Å²) in [5, 5.41) is 84.3. The molecule has 2 rings (SSSR count). The maximum Gasteiger partial charge on any atom is 0.320 e. The standard InChI is InChI=1S/C90H166N20O25S2/c1-51(2)45-65(83(121)107-73(53(5)6)85(123)105-69-27-23-33-109(69)89(129)103-63(29-43-136-17)79(117)95-57(13)77(115)101-67(59(15)111)47-93-75(55(9)10)87(125)126)99-81(119)61(25-19-21-31-91)97-71(113)49-134-41-39-132-37-35-131-36-38-133-40-42-135-50-72(114)98-62(26-20-22-32-92)82(120)100-66(46-52(3)4)84(122)108-74(54(7)8)86(124)106-70-28-24-34-110(70)90(130)104-64(30-44-137-18)80(118)96-58(14)78(116)102-68(60(16)112)48-94-76(56(11)12)88(127)128/h51-70,73-76,93-94,111-112H,19-50,91-92H2,1-18H3,(H,95,117)(H,96,118)(H,97,113)(H,98,114)(H,99,119)(H,100,120)(H,101,115)(H,102,116)(H,103,129)(H,104,130)(H,105,123)(H,106,124)(H,107,121)(H,108,122)(H,125,126)(H,127,128)/t57-,58-,59+,60+,61-,62-,63-,64-,65-,66-,67-,68-,69-,70-,73-,74-,75-,76-/m0/s1. The molecule has 0 saturated carbocycles. The highest BCUT2D eigenvalue weighted by molar-refractivity contribution is 7.98. The third kappa shape index (κ3) is 49.4. The lowest BCUT2D eigenvalue weighted by Gasteiger charge is -2.31. The van der Waals surface area contributed by atoms with Crippen LogP contribution >= 0.6 is 23.5 Å². The number of aliphatic carboxylic acids is 2. The summed E-state index contributed by atoms with van der Waals surface area (Å²) in [6.45, 7) is 27.8. The Morgan fingerprint density at radius 1 is 0.350 bits per heavy atom. The number of nitrogens with two attached hydrogens (primary N) is 2. The van der Waals surface area contributed by atoms with Crippen LogP contribution in [0.3, 0.4) is 0 Å². The number of hydrogen-bond donors (Lipinski definition) is 22. The first-order valence-corrected chi connectivity index (χ1v) is 50.8. The molecule has 24 N–H and O–H groups in total. The molecule has 0 aromatic carbocycles. The lowest BCUT2D eigenvalue weighted by Crippen LogP contribution is -2.61. The molecule has 137 heavy (non-hydrogen) atoms. The van der Waals surface area contributed by atoms with Crippen LogP contribution in [0.25, 0.3) is 0 Å². The van der Waals surface area contributed by atoms with E-state index in [2.05, 4.69) is 85.1 Å². The van der Waals surface area contributed by atoms with Crippen molar-refractivity contribution in [2.45, 2.75) is 310 Å². The van der Waals surface area contributed by atoms with Crippen LogP contribution < -0.4 is 96.5 Å². The molecule has 0 radical (unpaired) electrons. The smallest absolute Gasteiger partial charge is 0.320 e. The summed E-state index contributed by atoms with van der Waals surface area (Å²) < 4.78 is 27.9. The number of nitrogens with one attached hydrogen (secondary N) is 16. The molecule has 2 aliphatic rings. The molecular formula is C90H166N20O25S2. The number of carbonyl (C=O) groups is 16. The van der Waals surface area contributed by atoms with Crippen LogP contribution in [-0.4, -0.2) is 364 Å². The monoisotopic (exact) mass is 1990 g/mol. The fraction of sp³-hybridized carbons (Fsp3) is 0.822. The molecule has 2 saturated heterocycles. The van der Waals surface area contributed by atoms with Crippen LogP contribution in [0, 0.1) is 35.5 Å². The Hall–Kier alpha value is -8.62. The number of urea groups is 2. The number of nitrogens with zero attached hydrogens (tertiary/aromatic N) is 2. The fourth-order valence-electron chi connectivity index (χ4n) is 14.7. The molecule has 0 aromatic heterocycles. The van der Waals surface area contributed by atoms with Gasteiger partial charge in [-0.25, -0.2) is 9.59 Å². The van der Waals surface area contributed by atoms with Crippen LogP contribution in [0.2, 0.25) is 0 Å². The first kappa shape index (κ1) is 124. The van der Waals surface area contributed by atoms with Crippen LogP contribution in [0.15, 0.2) is 0 Å². The van der Waals surface area contributed by atoms with Gasteiger partial charge in [0.2, 0.25) is 70.9 Å². The third-order valence-electron chi connectivity index (χ3n) is 22.7. The third-order valence-corrected chi connectivity index (χ3v) is 24.0. The predicted octanol–water partition coefficient (Wildman–Crippen LogP) is -1.48. The molecule has 0 bridgehead atoms. The summed E-state index contributed by atoms with van der Waals surface area (Å²) in [6, 6.07) is -16.4. The van der Waals surface area contributed by atoms with E-state index < -0.39 is 229 Å². The van der Waals surface area contributed by atoms with Gasteiger partial charge in [0, 0.05) is 26.2 Å². The Kier molecular flexibility index (Phi) is 62.2. The van der Waals surface area contributed by atoms with Crippen molar-refractivity contribution >= 4 is 118 Å². The molecule has 45 nitrogen and oxygen atoms in total. The highest BCUT2D eigenvalue weighted by Gasteiger charge is 2.41. The largest absolute Gasteiger partial charge is 0.480 e. The molecule has 0 unspecified atom stereocenters. The van der Waals surface area contributed by atoms with Gasteiger partial charge < -0.3 is 150 Å². The van der Waals surface area contributed by atoms with Gasteiger partial charge in [0.05, 0.1) is 77.1 Å². The summed E-state index contributed by atoms with van der Waals surface area (Å²) in [7, 11) is 0. The Morgan fingerprint density at radius 2 is 0.650 bits per heavy atom. The topological polar surface area (TPSA) is 651 Å². The van der Waals surface area contributed by atoms with Crippen molar-refractivity contribution in [1.29, 1.82) is 0 Å². The molecule has 2 heterocycles. The quantitative estimate of drug-likeness (QED) is 0.0309. The van der Waals surface area contributed by atoms with E-state index >= 15 is 0 Å². The number of carboxylic acid groups (broad SMARTS) is 2. The first-order valence-electron chi connectivity index (χ1n) is 48.1. The Bertz CT molecular complexity index is 3470. The van der Waals surface area contributed by atoms with E-state index in [4.69, 9.17) is 35.2 Å². The number of carbonyl (C=O) groups excluding carboxylic acids is 14. The molecule has 0 spiro atoms. The van der Waals surface area contributed by atoms with Gasteiger partial charge in [-0.1, -0.05) is 83.1 Å². The van der Waals surface area contributed by atoms with Crippen molar-refractivity contribution in [3.05, 3.63) is 0 Å². The number of aliphatic hydroxyl groups excluding tert-OH is 2. The van der Waals surface area contributed by atoms with E-state index in [0.717, 1.165) is 0 Å². The molecule has 2 aliphatic heterocycles. The number of carboxylic acids is 2. The number of hydrogen-bond acceptors (Lipinski definition) is 29. The highest BCUT2D eigenvalue weighted by Crippen LogP contribution is 2.21. The van der Waals surface area contributed by atoms with Crippen LogP contribution in [0.4, 0.5) is 9.59 Å². The van der Waals surface area contributed by atoms with Gasteiger partial charge in [0.15, 0.2) is 0 Å². The van der Waals surface area contributed by atoms with Crippen molar-refractivity contribution in [2.24, 2.45) is 47.0 Å². The zero-order valence-electron chi connectivity index (χ0n) is 83.7. The maximum atomic E-state index is 14.3. The Balaban J connectivity index is 1.92. The number of aliphatic hydroxyl groups is 2. The van der Waals surface area contributed by atoms with Crippen LogP contribution in [0.1, 0.15) is 201 Å². The van der Waals surface area contributed by atoms with Gasteiger partial charge in [-0.15, -0.1) is 0 Å². The van der Waals surface area contributed by atoms with Gasteiger partial charge in [-0.05, 0) is 190 Å². The Morgan fingerprint density at radius 3 is 0.934 bits per heavy atom. The average Bonchev–Trinajstić information content (AvgIpc) is 1.72. The summed E-state index contributed by atoms with van der Waals surface area (Å²) in [6.07, 6.45) is 4.37. The van der Waals surface area contributed by atoms with Gasteiger partial charge in [-0.2, -0.15) is 23.5 Å². The summed E-state index contributed by atoms with van der Waals surface area (Å²) in [5.74, 6) is -10.9. The number of thioether (sulfide) groups is 2. The minimum atomic E-state index is -1.15. The maximum absolute atomic E-state index is 14.3. The van der Waals surface area contributed by atoms with E-state index in [-0.39, 0.29) is 141 Å². The molecule has 0 aliphatic carbocycles. The molecule has 2 fully saturated rings. The lowest BCUT2D eigenvalue weighted by molar-refractivity contribution is -0.141.